The van der Waals surface area contributed by atoms with Crippen molar-refractivity contribution in [2.75, 3.05) is 26.2 Å². The summed E-state index contributed by atoms with van der Waals surface area (Å²) in [6.07, 6.45) is 1.66. The highest BCUT2D eigenvalue weighted by Crippen LogP contribution is 2.26. The van der Waals surface area contributed by atoms with E-state index in [1.807, 2.05) is 50.2 Å². The van der Waals surface area contributed by atoms with Gasteiger partial charge in [-0.15, -0.1) is 0 Å². The lowest BCUT2D eigenvalue weighted by atomic mass is 9.96. The van der Waals surface area contributed by atoms with Gasteiger partial charge in [-0.05, 0) is 42.3 Å². The van der Waals surface area contributed by atoms with Gasteiger partial charge in [-0.2, -0.15) is 0 Å². The van der Waals surface area contributed by atoms with Gasteiger partial charge in [0, 0.05) is 35.9 Å². The van der Waals surface area contributed by atoms with Gasteiger partial charge in [-0.25, -0.2) is 0 Å². The van der Waals surface area contributed by atoms with Crippen LogP contribution in [0.4, 0.5) is 0 Å². The Kier molecular flexibility index (Phi) is 5.99. The minimum Gasteiger partial charge on any atom is -0.497 e. The van der Waals surface area contributed by atoms with Crippen LogP contribution in [-0.4, -0.2) is 47.2 Å². The zero-order valence-electron chi connectivity index (χ0n) is 14.9. The molecular weight excluding hydrogens is 322 g/mol. The molecule has 0 aliphatic rings. The molecule has 0 unspecified atom stereocenters. The van der Waals surface area contributed by atoms with Crippen LogP contribution in [0.1, 0.15) is 25.3 Å². The van der Waals surface area contributed by atoms with Crippen LogP contribution in [0, 0.1) is 0 Å². The molecule has 1 amide bonds. The van der Waals surface area contributed by atoms with Crippen molar-refractivity contribution in [2.24, 2.45) is 0 Å². The summed E-state index contributed by atoms with van der Waals surface area (Å²) in [5.41, 5.74) is 0.981. The van der Waals surface area contributed by atoms with E-state index >= 15 is 0 Å². The summed E-state index contributed by atoms with van der Waals surface area (Å²) in [6, 6.07) is 11.9. The normalized spacial score (nSPS) is 14.9. The number of hydrogen-bond acceptors (Lipinski definition) is 3. The van der Waals surface area contributed by atoms with E-state index in [1.54, 1.807) is 25.3 Å². The second-order valence-corrected chi connectivity index (χ2v) is 7.71. The van der Waals surface area contributed by atoms with E-state index in [0.717, 1.165) is 22.1 Å². The van der Waals surface area contributed by atoms with Crippen molar-refractivity contribution in [1.82, 2.24) is 4.90 Å². The van der Waals surface area contributed by atoms with Crippen LogP contribution in [0.5, 0.6) is 5.75 Å². The van der Waals surface area contributed by atoms with Gasteiger partial charge in [-0.3, -0.25) is 9.00 Å². The largest absolute Gasteiger partial charge is 0.497 e. The molecule has 0 saturated carbocycles. The van der Waals surface area contributed by atoms with Gasteiger partial charge >= 0.3 is 0 Å². The molecule has 0 N–H and O–H groups in total. The highest BCUT2D eigenvalue weighted by molar-refractivity contribution is 7.84. The van der Waals surface area contributed by atoms with Gasteiger partial charge in [0.2, 0.25) is 5.91 Å². The lowest BCUT2D eigenvalue weighted by Crippen LogP contribution is -2.40. The predicted octanol–water partition coefficient (Wildman–Crippen LogP) is 3.18. The van der Waals surface area contributed by atoms with Crippen molar-refractivity contribution in [3.8, 4) is 5.75 Å². The summed E-state index contributed by atoms with van der Waals surface area (Å²) in [7, 11) is 2.51. The van der Waals surface area contributed by atoms with E-state index in [4.69, 9.17) is 4.74 Å². The third-order valence-electron chi connectivity index (χ3n) is 4.43. The van der Waals surface area contributed by atoms with Gasteiger partial charge in [0.15, 0.2) is 0 Å². The van der Waals surface area contributed by atoms with E-state index in [0.29, 0.717) is 5.75 Å². The monoisotopic (exact) mass is 347 g/mol. The molecule has 0 saturated heterocycles. The minimum absolute atomic E-state index is 0.0424. The van der Waals surface area contributed by atoms with Gasteiger partial charge in [0.05, 0.1) is 13.0 Å². The number of rotatable bonds is 6. The molecule has 4 nitrogen and oxygen atoms in total. The van der Waals surface area contributed by atoms with Gasteiger partial charge in [-0.1, -0.05) is 24.3 Å². The van der Waals surface area contributed by atoms with Crippen LogP contribution >= 0.6 is 0 Å². The first-order chi connectivity index (χ1) is 11.3. The van der Waals surface area contributed by atoms with Gasteiger partial charge in [0.1, 0.15) is 5.75 Å². The highest BCUT2D eigenvalue weighted by atomic mass is 32.2. The molecule has 130 valence electrons. The molecule has 0 aliphatic heterocycles. The Hall–Kier alpha value is -1.88. The maximum atomic E-state index is 12.7. The number of fused-ring (bicyclic) bond motifs is 1. The Bertz CT molecular complexity index is 759. The smallest absolute Gasteiger partial charge is 0.229 e. The quantitative estimate of drug-likeness (QED) is 0.806. The molecule has 3 atom stereocenters. The van der Waals surface area contributed by atoms with E-state index in [9.17, 15) is 9.00 Å². The van der Waals surface area contributed by atoms with Crippen molar-refractivity contribution in [2.45, 2.75) is 25.8 Å². The molecular formula is C19H25NO3S. The number of carbonyl (C=O) groups is 1. The number of nitrogens with zero attached hydrogens (tertiary/aromatic N) is 1. The van der Waals surface area contributed by atoms with Crippen molar-refractivity contribution in [1.29, 1.82) is 0 Å². The minimum atomic E-state index is -0.918. The Balaban J connectivity index is 2.22. The summed E-state index contributed by atoms with van der Waals surface area (Å²) >= 11 is 0. The summed E-state index contributed by atoms with van der Waals surface area (Å²) < 4.78 is 16.6. The van der Waals surface area contributed by atoms with Crippen molar-refractivity contribution in [3.05, 3.63) is 42.0 Å². The van der Waals surface area contributed by atoms with Crippen LogP contribution in [-0.2, 0) is 15.6 Å². The maximum absolute atomic E-state index is 12.7. The number of hydrogen-bond donors (Lipinski definition) is 0. The van der Waals surface area contributed by atoms with Crippen LogP contribution in [0.2, 0.25) is 0 Å². The fraction of sp³-hybridized carbons (Fsp3) is 0.421. The fourth-order valence-electron chi connectivity index (χ4n) is 2.76. The number of benzene rings is 2. The number of ether oxygens (including phenoxy) is 1. The second-order valence-electron chi connectivity index (χ2n) is 6.23. The first kappa shape index (κ1) is 18.5. The number of methoxy groups -OCH3 is 1. The average Bonchev–Trinajstić information content (AvgIpc) is 2.58. The molecule has 2 rings (SSSR count). The highest BCUT2D eigenvalue weighted by Gasteiger charge is 2.23. The average molecular weight is 347 g/mol. The lowest BCUT2D eigenvalue weighted by Gasteiger charge is -2.27. The van der Waals surface area contributed by atoms with Crippen LogP contribution in [0.3, 0.4) is 0 Å². The summed E-state index contributed by atoms with van der Waals surface area (Å²) in [5, 5.41) is 2.17. The third-order valence-corrected chi connectivity index (χ3v) is 5.38. The lowest BCUT2D eigenvalue weighted by molar-refractivity contribution is -0.132. The zero-order chi connectivity index (χ0) is 17.9. The third kappa shape index (κ3) is 4.15. The predicted molar refractivity (Wildman–Crippen MR) is 100 cm³/mol. The Morgan fingerprint density at radius 3 is 2.42 bits per heavy atom. The molecule has 0 spiro atoms. The van der Waals surface area contributed by atoms with E-state index < -0.39 is 10.8 Å². The Morgan fingerprint density at radius 1 is 1.17 bits per heavy atom. The van der Waals surface area contributed by atoms with E-state index in [1.165, 1.54) is 0 Å². The first-order valence-corrected chi connectivity index (χ1v) is 9.70. The maximum Gasteiger partial charge on any atom is 0.229 e. The van der Waals surface area contributed by atoms with Gasteiger partial charge < -0.3 is 9.64 Å². The zero-order valence-corrected chi connectivity index (χ0v) is 15.7. The molecule has 0 radical (unpaired) electrons. The van der Waals surface area contributed by atoms with E-state index in [-0.39, 0.29) is 17.9 Å². The molecule has 5 heteroatoms. The molecule has 0 bridgehead atoms. The first-order valence-electron chi connectivity index (χ1n) is 7.98. The molecule has 0 aliphatic carbocycles. The fourth-order valence-corrected chi connectivity index (χ4v) is 3.66. The van der Waals surface area contributed by atoms with Crippen molar-refractivity contribution in [3.63, 3.8) is 0 Å². The Morgan fingerprint density at radius 2 is 1.79 bits per heavy atom. The van der Waals surface area contributed by atoms with Gasteiger partial charge in [0.25, 0.3) is 0 Å². The number of carbonyl (C=O) groups excluding carboxylic acids is 1. The van der Waals surface area contributed by atoms with Crippen LogP contribution in [0.15, 0.2) is 36.4 Å². The van der Waals surface area contributed by atoms with Crippen molar-refractivity contribution < 1.29 is 13.7 Å². The van der Waals surface area contributed by atoms with E-state index in [2.05, 4.69) is 0 Å². The second kappa shape index (κ2) is 7.79. The number of likely N-dealkylation sites (N-methyl/N-ethyl adjacent to an activating group) is 1. The SMILES string of the molecule is COc1ccc2cc([C@H](C)C(=O)N(C)[C@@H](C)C[S@](C)=O)ccc2c1. The molecule has 24 heavy (non-hydrogen) atoms. The van der Waals surface area contributed by atoms with Crippen molar-refractivity contribution >= 4 is 27.5 Å². The molecule has 2 aromatic rings. The molecule has 0 fully saturated rings. The number of amides is 1. The van der Waals surface area contributed by atoms with Crippen LogP contribution in [0.25, 0.3) is 10.8 Å². The topological polar surface area (TPSA) is 46.6 Å². The summed E-state index contributed by atoms with van der Waals surface area (Å²) in [5.74, 6) is 1.11. The standard InChI is InChI=1S/C19H25NO3S/c1-13(12-24(5)22)20(3)19(21)14(2)15-6-7-17-11-18(23-4)9-8-16(17)10-15/h6-11,13-14H,12H2,1-5H3/t13-,14-,24-/m0/s1. The molecule has 0 heterocycles. The Labute approximate surface area is 146 Å². The van der Waals surface area contributed by atoms with Crippen LogP contribution < -0.4 is 4.74 Å². The molecule has 2 aromatic carbocycles. The molecule has 0 aromatic heterocycles. The summed E-state index contributed by atoms with van der Waals surface area (Å²) in [4.78, 5) is 14.4. The summed E-state index contributed by atoms with van der Waals surface area (Å²) in [6.45, 7) is 3.85.